The monoisotopic (exact) mass is 274 g/mol. The van der Waals surface area contributed by atoms with Crippen molar-refractivity contribution >= 4 is 11.6 Å². The quantitative estimate of drug-likeness (QED) is 0.828. The third-order valence-corrected chi connectivity index (χ3v) is 4.84. The SMILES string of the molecule is COc1ccc(CNC(=O)C2CC3CCC2C3)cc1N. The summed E-state index contributed by atoms with van der Waals surface area (Å²) in [5, 5.41) is 3.06. The van der Waals surface area contributed by atoms with E-state index in [2.05, 4.69) is 5.32 Å². The number of fused-ring (bicyclic) bond motifs is 2. The number of amides is 1. The van der Waals surface area contributed by atoms with Crippen molar-refractivity contribution in [1.29, 1.82) is 0 Å². The van der Waals surface area contributed by atoms with Crippen LogP contribution in [0.2, 0.25) is 0 Å². The van der Waals surface area contributed by atoms with Crippen LogP contribution in [0.15, 0.2) is 18.2 Å². The van der Waals surface area contributed by atoms with Crippen LogP contribution in [0.3, 0.4) is 0 Å². The molecule has 0 aromatic heterocycles. The minimum atomic E-state index is 0.214. The second kappa shape index (κ2) is 5.35. The Morgan fingerprint density at radius 1 is 1.40 bits per heavy atom. The van der Waals surface area contributed by atoms with E-state index in [4.69, 9.17) is 10.5 Å². The van der Waals surface area contributed by atoms with Crippen molar-refractivity contribution in [2.75, 3.05) is 12.8 Å². The van der Waals surface area contributed by atoms with Crippen LogP contribution in [0.5, 0.6) is 5.75 Å². The van der Waals surface area contributed by atoms with E-state index < -0.39 is 0 Å². The van der Waals surface area contributed by atoms with Crippen molar-refractivity contribution in [3.63, 3.8) is 0 Å². The first-order valence-electron chi connectivity index (χ1n) is 7.37. The Morgan fingerprint density at radius 2 is 2.25 bits per heavy atom. The van der Waals surface area contributed by atoms with Gasteiger partial charge in [-0.15, -0.1) is 0 Å². The van der Waals surface area contributed by atoms with Gasteiger partial charge in [-0.25, -0.2) is 0 Å². The van der Waals surface area contributed by atoms with E-state index in [9.17, 15) is 4.79 Å². The third kappa shape index (κ3) is 2.47. The number of carbonyl (C=O) groups excluding carboxylic acids is 1. The minimum absolute atomic E-state index is 0.214. The van der Waals surface area contributed by atoms with Crippen LogP contribution in [0.1, 0.15) is 31.2 Å². The summed E-state index contributed by atoms with van der Waals surface area (Å²) in [4.78, 5) is 12.2. The molecule has 1 amide bonds. The van der Waals surface area contributed by atoms with E-state index in [1.54, 1.807) is 7.11 Å². The average Bonchev–Trinajstić information content (AvgIpc) is 3.07. The molecule has 4 nitrogen and oxygen atoms in total. The summed E-state index contributed by atoms with van der Waals surface area (Å²) >= 11 is 0. The summed E-state index contributed by atoms with van der Waals surface area (Å²) in [6, 6.07) is 5.64. The fraction of sp³-hybridized carbons (Fsp3) is 0.562. The number of hydrogen-bond acceptors (Lipinski definition) is 3. The molecule has 3 unspecified atom stereocenters. The third-order valence-electron chi connectivity index (χ3n) is 4.84. The maximum Gasteiger partial charge on any atom is 0.223 e. The number of hydrogen-bond donors (Lipinski definition) is 2. The molecule has 0 radical (unpaired) electrons. The van der Waals surface area contributed by atoms with Crippen molar-refractivity contribution in [3.8, 4) is 5.75 Å². The fourth-order valence-electron chi connectivity index (χ4n) is 3.78. The van der Waals surface area contributed by atoms with E-state index in [1.165, 1.54) is 19.3 Å². The highest BCUT2D eigenvalue weighted by Gasteiger charge is 2.42. The predicted molar refractivity (Wildman–Crippen MR) is 78.2 cm³/mol. The van der Waals surface area contributed by atoms with Crippen molar-refractivity contribution < 1.29 is 9.53 Å². The van der Waals surface area contributed by atoms with Crippen molar-refractivity contribution in [3.05, 3.63) is 23.8 Å². The van der Waals surface area contributed by atoms with Gasteiger partial charge in [-0.1, -0.05) is 12.5 Å². The Hall–Kier alpha value is -1.71. The van der Waals surface area contributed by atoms with Gasteiger partial charge < -0.3 is 15.8 Å². The number of ether oxygens (including phenoxy) is 1. The summed E-state index contributed by atoms with van der Waals surface area (Å²) in [6.45, 7) is 0.543. The maximum atomic E-state index is 12.2. The van der Waals surface area contributed by atoms with E-state index >= 15 is 0 Å². The van der Waals surface area contributed by atoms with Gasteiger partial charge in [0, 0.05) is 12.5 Å². The fourth-order valence-corrected chi connectivity index (χ4v) is 3.78. The van der Waals surface area contributed by atoms with Gasteiger partial charge in [0.1, 0.15) is 5.75 Å². The molecule has 2 saturated carbocycles. The smallest absolute Gasteiger partial charge is 0.223 e. The highest BCUT2D eigenvalue weighted by atomic mass is 16.5. The molecular formula is C16H22N2O2. The van der Waals surface area contributed by atoms with Gasteiger partial charge in [0.15, 0.2) is 0 Å². The van der Waals surface area contributed by atoms with E-state index in [0.29, 0.717) is 23.9 Å². The second-order valence-corrected chi connectivity index (χ2v) is 6.08. The zero-order valence-electron chi connectivity index (χ0n) is 11.9. The lowest BCUT2D eigenvalue weighted by Crippen LogP contribution is -2.33. The molecular weight excluding hydrogens is 252 g/mol. The predicted octanol–water partition coefficient (Wildman–Crippen LogP) is 2.33. The molecule has 3 rings (SSSR count). The number of nitrogens with two attached hydrogens (primary N) is 1. The van der Waals surface area contributed by atoms with Gasteiger partial charge in [0.2, 0.25) is 5.91 Å². The lowest BCUT2D eigenvalue weighted by Gasteiger charge is -2.20. The molecule has 2 aliphatic rings. The highest BCUT2D eigenvalue weighted by molar-refractivity contribution is 5.79. The van der Waals surface area contributed by atoms with Gasteiger partial charge in [-0.2, -0.15) is 0 Å². The molecule has 0 heterocycles. The van der Waals surface area contributed by atoms with Crippen LogP contribution < -0.4 is 15.8 Å². The number of anilines is 1. The van der Waals surface area contributed by atoms with Crippen LogP contribution in [0.4, 0.5) is 5.69 Å². The van der Waals surface area contributed by atoms with Gasteiger partial charge in [-0.05, 0) is 48.8 Å². The molecule has 2 fully saturated rings. The lowest BCUT2D eigenvalue weighted by atomic mass is 9.88. The number of nitrogen functional groups attached to an aromatic ring is 1. The molecule has 4 heteroatoms. The van der Waals surface area contributed by atoms with Crippen LogP contribution in [0.25, 0.3) is 0 Å². The minimum Gasteiger partial charge on any atom is -0.495 e. The molecule has 3 N–H and O–H groups in total. The maximum absolute atomic E-state index is 12.2. The number of carbonyl (C=O) groups is 1. The first-order valence-corrected chi connectivity index (χ1v) is 7.37. The zero-order valence-corrected chi connectivity index (χ0v) is 11.9. The molecule has 108 valence electrons. The Morgan fingerprint density at radius 3 is 2.85 bits per heavy atom. The van der Waals surface area contributed by atoms with Crippen LogP contribution in [-0.2, 0) is 11.3 Å². The number of nitrogens with one attached hydrogen (secondary N) is 1. The first-order chi connectivity index (χ1) is 9.67. The summed E-state index contributed by atoms with van der Waals surface area (Å²) in [6.07, 6.45) is 4.90. The molecule has 1 aromatic carbocycles. The largest absolute Gasteiger partial charge is 0.495 e. The van der Waals surface area contributed by atoms with Gasteiger partial charge in [0.25, 0.3) is 0 Å². The normalized spacial score (nSPS) is 27.6. The molecule has 2 aliphatic carbocycles. The molecule has 1 aromatic rings. The second-order valence-electron chi connectivity index (χ2n) is 6.08. The van der Waals surface area contributed by atoms with Gasteiger partial charge >= 0.3 is 0 Å². The molecule has 0 aliphatic heterocycles. The molecule has 3 atom stereocenters. The molecule has 20 heavy (non-hydrogen) atoms. The number of methoxy groups -OCH3 is 1. The van der Waals surface area contributed by atoms with Crippen LogP contribution in [-0.4, -0.2) is 13.0 Å². The molecule has 0 spiro atoms. The van der Waals surface area contributed by atoms with Crippen molar-refractivity contribution in [2.24, 2.45) is 17.8 Å². The van der Waals surface area contributed by atoms with E-state index in [0.717, 1.165) is 17.9 Å². The van der Waals surface area contributed by atoms with Gasteiger partial charge in [-0.3, -0.25) is 4.79 Å². The Labute approximate surface area is 119 Å². The Kier molecular flexibility index (Phi) is 3.55. The summed E-state index contributed by atoms with van der Waals surface area (Å²) in [7, 11) is 1.60. The average molecular weight is 274 g/mol. The van der Waals surface area contributed by atoms with Gasteiger partial charge in [0.05, 0.1) is 12.8 Å². The topological polar surface area (TPSA) is 64.3 Å². The molecule has 0 saturated heterocycles. The first kappa shape index (κ1) is 13.3. The van der Waals surface area contributed by atoms with E-state index in [-0.39, 0.29) is 11.8 Å². The number of rotatable bonds is 4. The Bertz CT molecular complexity index is 515. The van der Waals surface area contributed by atoms with Crippen LogP contribution in [0, 0.1) is 17.8 Å². The van der Waals surface area contributed by atoms with E-state index in [1.807, 2.05) is 18.2 Å². The summed E-state index contributed by atoms with van der Waals surface area (Å²) in [5.74, 6) is 2.55. The number of benzene rings is 1. The zero-order chi connectivity index (χ0) is 14.1. The summed E-state index contributed by atoms with van der Waals surface area (Å²) in [5.41, 5.74) is 7.50. The van der Waals surface area contributed by atoms with Crippen molar-refractivity contribution in [2.45, 2.75) is 32.2 Å². The Balaban J connectivity index is 1.56. The van der Waals surface area contributed by atoms with Crippen LogP contribution >= 0.6 is 0 Å². The molecule has 2 bridgehead atoms. The summed E-state index contributed by atoms with van der Waals surface area (Å²) < 4.78 is 5.13. The van der Waals surface area contributed by atoms with Crippen molar-refractivity contribution in [1.82, 2.24) is 5.32 Å². The highest BCUT2D eigenvalue weighted by Crippen LogP contribution is 2.48. The lowest BCUT2D eigenvalue weighted by molar-refractivity contribution is -0.126. The standard InChI is InChI=1S/C16H22N2O2/c1-20-15-5-3-11(8-14(15)17)9-18-16(19)13-7-10-2-4-12(13)6-10/h3,5,8,10,12-13H,2,4,6-7,9,17H2,1H3,(H,18,19).